The average molecular weight is 415 g/mol. The molecule has 0 aliphatic carbocycles. The summed E-state index contributed by atoms with van der Waals surface area (Å²) in [5.41, 5.74) is 3.53. The van der Waals surface area contributed by atoms with Gasteiger partial charge < -0.3 is 5.32 Å². The molecule has 5 nitrogen and oxygen atoms in total. The molecule has 3 rings (SSSR count). The quantitative estimate of drug-likeness (QED) is 0.706. The highest BCUT2D eigenvalue weighted by molar-refractivity contribution is 7.89. The second-order valence-corrected chi connectivity index (χ2v) is 9.84. The summed E-state index contributed by atoms with van der Waals surface area (Å²) in [6.07, 6.45) is 3.21. The van der Waals surface area contributed by atoms with Crippen LogP contribution in [0, 0.1) is 19.8 Å². The number of carbonyl (C=O) groups is 1. The van der Waals surface area contributed by atoms with Crippen molar-refractivity contribution in [1.82, 2.24) is 9.62 Å². The third-order valence-corrected chi connectivity index (χ3v) is 7.32. The van der Waals surface area contributed by atoms with Gasteiger partial charge in [-0.2, -0.15) is 4.31 Å². The molecule has 0 radical (unpaired) electrons. The maximum atomic E-state index is 12.9. The molecule has 156 valence electrons. The molecule has 0 spiro atoms. The Bertz CT molecular complexity index is 939. The van der Waals surface area contributed by atoms with E-state index in [1.165, 1.54) is 15.4 Å². The number of rotatable bonds is 7. The highest BCUT2D eigenvalue weighted by atomic mass is 32.2. The van der Waals surface area contributed by atoms with Crippen molar-refractivity contribution in [2.45, 2.75) is 44.4 Å². The molecule has 2 aromatic rings. The summed E-state index contributed by atoms with van der Waals surface area (Å²) in [6, 6.07) is 15.3. The van der Waals surface area contributed by atoms with Crippen molar-refractivity contribution in [3.8, 4) is 0 Å². The molecule has 29 heavy (non-hydrogen) atoms. The van der Waals surface area contributed by atoms with E-state index in [0.29, 0.717) is 24.4 Å². The van der Waals surface area contributed by atoms with Crippen molar-refractivity contribution < 1.29 is 13.2 Å². The average Bonchev–Trinajstić information content (AvgIpc) is 2.71. The van der Waals surface area contributed by atoms with E-state index in [4.69, 9.17) is 0 Å². The van der Waals surface area contributed by atoms with Gasteiger partial charge in [-0.1, -0.05) is 47.5 Å². The largest absolute Gasteiger partial charge is 0.356 e. The van der Waals surface area contributed by atoms with Crippen LogP contribution >= 0.6 is 0 Å². The van der Waals surface area contributed by atoms with Gasteiger partial charge in [0.1, 0.15) is 0 Å². The number of hydrogen-bond acceptors (Lipinski definition) is 3. The van der Waals surface area contributed by atoms with Gasteiger partial charge in [-0.05, 0) is 57.2 Å². The summed E-state index contributed by atoms with van der Waals surface area (Å²) in [7, 11) is -3.56. The molecule has 1 saturated heterocycles. The summed E-state index contributed by atoms with van der Waals surface area (Å²) in [4.78, 5) is 12.9. The molecule has 6 heteroatoms. The predicted molar refractivity (Wildman–Crippen MR) is 115 cm³/mol. The van der Waals surface area contributed by atoms with Crippen LogP contribution in [0.25, 0.3) is 0 Å². The maximum Gasteiger partial charge on any atom is 0.243 e. The van der Waals surface area contributed by atoms with Crippen molar-refractivity contribution >= 4 is 15.9 Å². The van der Waals surface area contributed by atoms with Gasteiger partial charge in [0, 0.05) is 19.6 Å². The molecule has 0 bridgehead atoms. The lowest BCUT2D eigenvalue weighted by atomic mass is 9.98. The highest BCUT2D eigenvalue weighted by Gasteiger charge is 2.33. The number of aryl methyl sites for hydroxylation is 3. The van der Waals surface area contributed by atoms with Crippen LogP contribution in [0.15, 0.2) is 53.4 Å². The third-order valence-electron chi connectivity index (χ3n) is 5.44. The van der Waals surface area contributed by atoms with Crippen molar-refractivity contribution in [3.05, 3.63) is 65.2 Å². The topological polar surface area (TPSA) is 66.5 Å². The van der Waals surface area contributed by atoms with Gasteiger partial charge in [0.2, 0.25) is 15.9 Å². The number of nitrogens with one attached hydrogen (secondary N) is 1. The van der Waals surface area contributed by atoms with Crippen molar-refractivity contribution in [1.29, 1.82) is 0 Å². The molecule has 1 N–H and O–H groups in total. The molecule has 0 saturated carbocycles. The van der Waals surface area contributed by atoms with Gasteiger partial charge in [-0.15, -0.1) is 0 Å². The molecule has 2 aromatic carbocycles. The van der Waals surface area contributed by atoms with Crippen LogP contribution in [0.1, 0.15) is 36.0 Å². The van der Waals surface area contributed by atoms with Crippen LogP contribution in [0.3, 0.4) is 0 Å². The van der Waals surface area contributed by atoms with Crippen molar-refractivity contribution in [2.24, 2.45) is 5.92 Å². The molecule has 1 amide bonds. The fraction of sp³-hybridized carbons (Fsp3) is 0.435. The Morgan fingerprint density at radius 1 is 1.10 bits per heavy atom. The van der Waals surface area contributed by atoms with E-state index in [2.05, 4.69) is 30.4 Å². The number of sulfonamides is 1. The lowest BCUT2D eigenvalue weighted by molar-refractivity contribution is -0.126. The Morgan fingerprint density at radius 2 is 1.86 bits per heavy atom. The zero-order chi connectivity index (χ0) is 20.9. The molecular weight excluding hydrogens is 384 g/mol. The van der Waals surface area contributed by atoms with Crippen LogP contribution in [-0.4, -0.2) is 38.3 Å². The Kier molecular flexibility index (Phi) is 7.09. The first-order valence-corrected chi connectivity index (χ1v) is 11.7. The van der Waals surface area contributed by atoms with Crippen LogP contribution in [0.5, 0.6) is 0 Å². The first-order valence-electron chi connectivity index (χ1n) is 10.3. The summed E-state index contributed by atoms with van der Waals surface area (Å²) < 4.78 is 27.3. The zero-order valence-electron chi connectivity index (χ0n) is 17.2. The van der Waals surface area contributed by atoms with E-state index >= 15 is 0 Å². The zero-order valence-corrected chi connectivity index (χ0v) is 18.0. The first-order chi connectivity index (χ1) is 13.9. The van der Waals surface area contributed by atoms with Gasteiger partial charge >= 0.3 is 0 Å². The Hall–Kier alpha value is -2.18. The van der Waals surface area contributed by atoms with Gasteiger partial charge in [-0.3, -0.25) is 4.79 Å². The predicted octanol–water partition coefficient (Wildman–Crippen LogP) is 3.45. The van der Waals surface area contributed by atoms with Crippen LogP contribution in [0.4, 0.5) is 0 Å². The number of carbonyl (C=O) groups excluding carboxylic acids is 1. The Morgan fingerprint density at radius 3 is 2.59 bits per heavy atom. The van der Waals surface area contributed by atoms with Gasteiger partial charge in [-0.25, -0.2) is 8.42 Å². The fourth-order valence-corrected chi connectivity index (χ4v) is 5.27. The van der Waals surface area contributed by atoms with E-state index in [0.717, 1.165) is 24.8 Å². The van der Waals surface area contributed by atoms with Gasteiger partial charge in [0.25, 0.3) is 0 Å². The third kappa shape index (κ3) is 5.67. The molecule has 1 aliphatic rings. The van der Waals surface area contributed by atoms with Crippen LogP contribution in [-0.2, 0) is 21.2 Å². The number of benzene rings is 2. The van der Waals surface area contributed by atoms with Crippen LogP contribution in [0.2, 0.25) is 0 Å². The lowest BCUT2D eigenvalue weighted by Crippen LogP contribution is -2.45. The molecule has 1 atom stereocenters. The molecule has 0 aromatic heterocycles. The van der Waals surface area contributed by atoms with Crippen molar-refractivity contribution in [2.75, 3.05) is 19.6 Å². The smallest absolute Gasteiger partial charge is 0.243 e. The van der Waals surface area contributed by atoms with E-state index in [1.807, 2.05) is 13.0 Å². The van der Waals surface area contributed by atoms with Crippen molar-refractivity contribution in [3.63, 3.8) is 0 Å². The molecule has 1 fully saturated rings. The Labute approximate surface area is 174 Å². The van der Waals surface area contributed by atoms with E-state index < -0.39 is 10.0 Å². The minimum atomic E-state index is -3.56. The molecule has 1 heterocycles. The second kappa shape index (κ2) is 9.55. The summed E-state index contributed by atoms with van der Waals surface area (Å²) in [5.74, 6) is -0.332. The first kappa shape index (κ1) is 21.5. The van der Waals surface area contributed by atoms with E-state index in [1.54, 1.807) is 24.3 Å². The van der Waals surface area contributed by atoms with E-state index in [-0.39, 0.29) is 18.4 Å². The summed E-state index contributed by atoms with van der Waals surface area (Å²) >= 11 is 0. The number of piperidine rings is 1. The van der Waals surface area contributed by atoms with Gasteiger partial charge in [0.15, 0.2) is 0 Å². The number of hydrogen-bond donors (Lipinski definition) is 1. The lowest BCUT2D eigenvalue weighted by Gasteiger charge is -2.31. The van der Waals surface area contributed by atoms with E-state index in [9.17, 15) is 13.2 Å². The maximum absolute atomic E-state index is 12.9. The number of amides is 1. The SMILES string of the molecule is Cc1ccc(S(=O)(=O)N2CCCC(C(=O)NCCCc3cccc(C)c3)C2)cc1. The standard InChI is InChI=1S/C23H30N2O3S/c1-18-10-12-22(13-11-18)29(27,28)25-15-5-9-21(17-25)23(26)24-14-4-8-20-7-3-6-19(2)16-20/h3,6-7,10-13,16,21H,4-5,8-9,14-15,17H2,1-2H3,(H,24,26). The molecule has 1 aliphatic heterocycles. The highest BCUT2D eigenvalue weighted by Crippen LogP contribution is 2.24. The number of nitrogens with zero attached hydrogens (tertiary/aromatic N) is 1. The minimum Gasteiger partial charge on any atom is -0.356 e. The Balaban J connectivity index is 1.51. The van der Waals surface area contributed by atoms with Crippen LogP contribution < -0.4 is 5.32 Å². The molecule has 1 unspecified atom stereocenters. The second-order valence-electron chi connectivity index (χ2n) is 7.90. The summed E-state index contributed by atoms with van der Waals surface area (Å²) in [6.45, 7) is 5.32. The fourth-order valence-electron chi connectivity index (χ4n) is 3.75. The normalized spacial score (nSPS) is 17.8. The monoisotopic (exact) mass is 414 g/mol. The minimum absolute atomic E-state index is 0.0435. The summed E-state index contributed by atoms with van der Waals surface area (Å²) in [5, 5.41) is 3.00. The van der Waals surface area contributed by atoms with Gasteiger partial charge in [0.05, 0.1) is 10.8 Å². The molecular formula is C23H30N2O3S.